The monoisotopic (exact) mass is 299 g/mol. The van der Waals surface area contributed by atoms with E-state index in [4.69, 9.17) is 4.74 Å². The Morgan fingerprint density at radius 3 is 2.29 bits per heavy atom. The predicted molar refractivity (Wildman–Crippen MR) is 82.2 cm³/mol. The van der Waals surface area contributed by atoms with Gasteiger partial charge in [-0.3, -0.25) is 9.69 Å². The molecule has 1 rings (SSSR count). The standard InChI is InChI=1S/C15H29N3O3/c1-5-6-13(19)16-7-8-17-9-11-18(12-10-17)14(20)21-15(2,3)4/h5-12H2,1-4H3,(H,16,19). The molecule has 0 aromatic rings. The van der Waals surface area contributed by atoms with Crippen LogP contribution in [0.4, 0.5) is 4.79 Å². The number of carbonyl (C=O) groups is 2. The van der Waals surface area contributed by atoms with E-state index in [9.17, 15) is 9.59 Å². The number of nitrogens with zero attached hydrogens (tertiary/aromatic N) is 2. The second kappa shape index (κ2) is 8.22. The summed E-state index contributed by atoms with van der Waals surface area (Å²) < 4.78 is 5.36. The fourth-order valence-electron chi connectivity index (χ4n) is 2.15. The van der Waals surface area contributed by atoms with Gasteiger partial charge in [-0.2, -0.15) is 0 Å². The van der Waals surface area contributed by atoms with Crippen molar-refractivity contribution in [3.8, 4) is 0 Å². The van der Waals surface area contributed by atoms with E-state index in [1.807, 2.05) is 27.7 Å². The van der Waals surface area contributed by atoms with Crippen LogP contribution < -0.4 is 5.32 Å². The maximum atomic E-state index is 11.9. The average Bonchev–Trinajstić information content (AvgIpc) is 2.38. The highest BCUT2D eigenvalue weighted by molar-refractivity contribution is 5.75. The van der Waals surface area contributed by atoms with Gasteiger partial charge in [-0.15, -0.1) is 0 Å². The number of rotatable bonds is 5. The molecular formula is C15H29N3O3. The smallest absolute Gasteiger partial charge is 0.410 e. The Kier molecular flexibility index (Phi) is 6.95. The third-order valence-electron chi connectivity index (χ3n) is 3.25. The summed E-state index contributed by atoms with van der Waals surface area (Å²) >= 11 is 0. The first-order valence-corrected chi connectivity index (χ1v) is 7.79. The highest BCUT2D eigenvalue weighted by Gasteiger charge is 2.25. The first-order valence-electron chi connectivity index (χ1n) is 7.79. The highest BCUT2D eigenvalue weighted by Crippen LogP contribution is 2.11. The molecule has 0 aromatic heterocycles. The van der Waals surface area contributed by atoms with Crippen LogP contribution in [-0.4, -0.2) is 66.7 Å². The van der Waals surface area contributed by atoms with Crippen molar-refractivity contribution in [2.45, 2.75) is 46.1 Å². The van der Waals surface area contributed by atoms with E-state index in [2.05, 4.69) is 10.2 Å². The first-order chi connectivity index (χ1) is 9.81. The van der Waals surface area contributed by atoms with Gasteiger partial charge in [0.1, 0.15) is 5.60 Å². The molecule has 1 aliphatic heterocycles. The van der Waals surface area contributed by atoms with Gasteiger partial charge in [-0.05, 0) is 27.2 Å². The van der Waals surface area contributed by atoms with Crippen LogP contribution in [-0.2, 0) is 9.53 Å². The van der Waals surface area contributed by atoms with Gasteiger partial charge in [0.2, 0.25) is 5.91 Å². The van der Waals surface area contributed by atoms with E-state index in [1.165, 1.54) is 0 Å². The van der Waals surface area contributed by atoms with Gasteiger partial charge in [0.05, 0.1) is 0 Å². The molecule has 0 bridgehead atoms. The summed E-state index contributed by atoms with van der Waals surface area (Å²) in [5, 5.41) is 2.91. The van der Waals surface area contributed by atoms with E-state index in [1.54, 1.807) is 4.90 Å². The third-order valence-corrected chi connectivity index (χ3v) is 3.25. The van der Waals surface area contributed by atoms with E-state index < -0.39 is 5.60 Å². The summed E-state index contributed by atoms with van der Waals surface area (Å²) in [4.78, 5) is 27.3. The zero-order chi connectivity index (χ0) is 15.9. The Hall–Kier alpha value is -1.30. The average molecular weight is 299 g/mol. The molecule has 0 aromatic carbocycles. The number of hydrogen-bond acceptors (Lipinski definition) is 4. The largest absolute Gasteiger partial charge is 0.444 e. The van der Waals surface area contributed by atoms with Gasteiger partial charge >= 0.3 is 6.09 Å². The fraction of sp³-hybridized carbons (Fsp3) is 0.867. The summed E-state index contributed by atoms with van der Waals surface area (Å²) in [5.74, 6) is 0.116. The fourth-order valence-corrected chi connectivity index (χ4v) is 2.15. The second-order valence-corrected chi connectivity index (χ2v) is 6.41. The van der Waals surface area contributed by atoms with Gasteiger partial charge in [0, 0.05) is 45.7 Å². The second-order valence-electron chi connectivity index (χ2n) is 6.41. The summed E-state index contributed by atoms with van der Waals surface area (Å²) in [6, 6.07) is 0. The number of carbonyl (C=O) groups excluding carboxylic acids is 2. The van der Waals surface area contributed by atoms with E-state index >= 15 is 0 Å². The lowest BCUT2D eigenvalue weighted by Gasteiger charge is -2.35. The molecule has 6 nitrogen and oxygen atoms in total. The lowest BCUT2D eigenvalue weighted by molar-refractivity contribution is -0.121. The minimum Gasteiger partial charge on any atom is -0.444 e. The van der Waals surface area contributed by atoms with Crippen molar-refractivity contribution in [3.63, 3.8) is 0 Å². The summed E-state index contributed by atoms with van der Waals surface area (Å²) in [6.07, 6.45) is 1.23. The van der Waals surface area contributed by atoms with Crippen molar-refractivity contribution in [3.05, 3.63) is 0 Å². The van der Waals surface area contributed by atoms with Gasteiger partial charge < -0.3 is 15.0 Å². The molecule has 122 valence electrons. The highest BCUT2D eigenvalue weighted by atomic mass is 16.6. The summed E-state index contributed by atoms with van der Waals surface area (Å²) in [6.45, 7) is 12.1. The van der Waals surface area contributed by atoms with E-state index in [-0.39, 0.29) is 12.0 Å². The van der Waals surface area contributed by atoms with Gasteiger partial charge in [0.15, 0.2) is 0 Å². The van der Waals surface area contributed by atoms with Crippen molar-refractivity contribution in [2.24, 2.45) is 0 Å². The van der Waals surface area contributed by atoms with Crippen molar-refractivity contribution in [1.29, 1.82) is 0 Å². The molecule has 0 radical (unpaired) electrons. The van der Waals surface area contributed by atoms with E-state index in [0.717, 1.165) is 26.1 Å². The molecule has 2 amide bonds. The van der Waals surface area contributed by atoms with E-state index in [0.29, 0.717) is 26.1 Å². The third kappa shape index (κ3) is 7.32. The van der Waals surface area contributed by atoms with Crippen LogP contribution in [0.25, 0.3) is 0 Å². The molecule has 1 heterocycles. The Morgan fingerprint density at radius 2 is 1.76 bits per heavy atom. The van der Waals surface area contributed by atoms with Crippen LogP contribution in [0.5, 0.6) is 0 Å². The number of ether oxygens (including phenoxy) is 1. The lowest BCUT2D eigenvalue weighted by Crippen LogP contribution is -2.51. The Labute approximate surface area is 127 Å². The molecule has 0 saturated carbocycles. The van der Waals surface area contributed by atoms with Crippen molar-refractivity contribution in [1.82, 2.24) is 15.1 Å². The zero-order valence-corrected chi connectivity index (χ0v) is 13.8. The van der Waals surface area contributed by atoms with Crippen LogP contribution in [0.15, 0.2) is 0 Å². The van der Waals surface area contributed by atoms with Crippen molar-refractivity contribution >= 4 is 12.0 Å². The van der Waals surface area contributed by atoms with Crippen LogP contribution in [0.1, 0.15) is 40.5 Å². The Bertz CT molecular complexity index is 345. The van der Waals surface area contributed by atoms with Crippen LogP contribution in [0, 0.1) is 0 Å². The molecule has 0 unspecified atom stereocenters. The maximum Gasteiger partial charge on any atom is 0.410 e. The molecule has 1 aliphatic rings. The lowest BCUT2D eigenvalue weighted by atomic mass is 10.2. The molecule has 1 fully saturated rings. The molecule has 0 aliphatic carbocycles. The van der Waals surface area contributed by atoms with Crippen LogP contribution in [0.2, 0.25) is 0 Å². The quantitative estimate of drug-likeness (QED) is 0.835. The molecule has 6 heteroatoms. The topological polar surface area (TPSA) is 61.9 Å². The molecule has 1 N–H and O–H groups in total. The summed E-state index contributed by atoms with van der Waals surface area (Å²) in [5.41, 5.74) is -0.447. The minimum atomic E-state index is -0.447. The summed E-state index contributed by atoms with van der Waals surface area (Å²) in [7, 11) is 0. The van der Waals surface area contributed by atoms with Crippen LogP contribution in [0.3, 0.4) is 0 Å². The van der Waals surface area contributed by atoms with Gasteiger partial charge in [-0.25, -0.2) is 4.79 Å². The molecule has 1 saturated heterocycles. The maximum absolute atomic E-state index is 11.9. The zero-order valence-electron chi connectivity index (χ0n) is 13.8. The Balaban J connectivity index is 2.20. The number of piperazine rings is 1. The van der Waals surface area contributed by atoms with Gasteiger partial charge in [-0.1, -0.05) is 6.92 Å². The van der Waals surface area contributed by atoms with Crippen molar-refractivity contribution < 1.29 is 14.3 Å². The first kappa shape index (κ1) is 17.8. The van der Waals surface area contributed by atoms with Gasteiger partial charge in [0.25, 0.3) is 0 Å². The normalized spacial score (nSPS) is 16.7. The molecule has 21 heavy (non-hydrogen) atoms. The van der Waals surface area contributed by atoms with Crippen LogP contribution >= 0.6 is 0 Å². The predicted octanol–water partition coefficient (Wildman–Crippen LogP) is 1.46. The number of amides is 2. The number of nitrogens with one attached hydrogen (secondary N) is 1. The number of hydrogen-bond donors (Lipinski definition) is 1. The molecule has 0 atom stereocenters. The molecule has 0 spiro atoms. The minimum absolute atomic E-state index is 0.116. The Morgan fingerprint density at radius 1 is 1.14 bits per heavy atom. The van der Waals surface area contributed by atoms with Crippen molar-refractivity contribution in [2.75, 3.05) is 39.3 Å². The SMILES string of the molecule is CCCC(=O)NCCN1CCN(C(=O)OC(C)(C)C)CC1. The molecular weight excluding hydrogens is 270 g/mol.